The lowest BCUT2D eigenvalue weighted by atomic mass is 9.88. The molecule has 5 atom stereocenters. The minimum absolute atomic E-state index is 0.0391. The first-order chi connectivity index (χ1) is 29.2. The summed E-state index contributed by atoms with van der Waals surface area (Å²) in [6.45, 7) is 9.29. The molecular formula is C49H72N2O10. The highest BCUT2D eigenvalue weighted by molar-refractivity contribution is 5.89. The molecule has 1 amide bonds. The molecule has 3 aromatic rings. The molecule has 0 aliphatic rings. The second kappa shape index (κ2) is 25.7. The third kappa shape index (κ3) is 14.9. The molecule has 4 unspecified atom stereocenters. The number of nitrogens with zero attached hydrogens (tertiary/aromatic N) is 2. The number of amides is 1. The number of unbranched alkanes of at least 4 members (excludes halogenated alkanes) is 1. The maximum atomic E-state index is 14.5. The van der Waals surface area contributed by atoms with E-state index in [0.717, 1.165) is 31.4 Å². The number of hydrogen-bond acceptors (Lipinski definition) is 11. The summed E-state index contributed by atoms with van der Waals surface area (Å²) in [4.78, 5) is 45.7. The van der Waals surface area contributed by atoms with Gasteiger partial charge < -0.3 is 43.0 Å². The van der Waals surface area contributed by atoms with Crippen LogP contribution in [0.5, 0.6) is 34.5 Å². The van der Waals surface area contributed by atoms with Crippen LogP contribution < -0.4 is 28.4 Å². The first-order valence-corrected chi connectivity index (χ1v) is 21.6. The van der Waals surface area contributed by atoms with E-state index >= 15 is 0 Å². The van der Waals surface area contributed by atoms with Gasteiger partial charge >= 0.3 is 5.97 Å². The molecule has 0 aromatic heterocycles. The number of rotatable bonds is 28. The van der Waals surface area contributed by atoms with Gasteiger partial charge in [-0.05, 0) is 124 Å². The van der Waals surface area contributed by atoms with E-state index in [-0.39, 0.29) is 24.2 Å². The molecule has 0 N–H and O–H groups in total. The summed E-state index contributed by atoms with van der Waals surface area (Å²) >= 11 is 0. The van der Waals surface area contributed by atoms with Crippen LogP contribution in [0.2, 0.25) is 0 Å². The van der Waals surface area contributed by atoms with Gasteiger partial charge in [-0.1, -0.05) is 58.7 Å². The molecule has 0 heterocycles. The largest absolute Gasteiger partial charge is 0.493 e. The van der Waals surface area contributed by atoms with E-state index in [1.165, 1.54) is 26.2 Å². The van der Waals surface area contributed by atoms with Crippen LogP contribution in [0, 0.1) is 11.8 Å². The van der Waals surface area contributed by atoms with Gasteiger partial charge in [-0.15, -0.1) is 0 Å². The van der Waals surface area contributed by atoms with E-state index in [2.05, 4.69) is 32.8 Å². The van der Waals surface area contributed by atoms with Crippen LogP contribution in [0.15, 0.2) is 54.6 Å². The van der Waals surface area contributed by atoms with Crippen LogP contribution in [0.1, 0.15) is 108 Å². The lowest BCUT2D eigenvalue weighted by Gasteiger charge is -2.31. The summed E-state index contributed by atoms with van der Waals surface area (Å²) in [6, 6.07) is 15.8. The van der Waals surface area contributed by atoms with Crippen molar-refractivity contribution < 1.29 is 47.5 Å². The summed E-state index contributed by atoms with van der Waals surface area (Å²) < 4.78 is 40.2. The van der Waals surface area contributed by atoms with Crippen LogP contribution in [0.25, 0.3) is 0 Å². The smallest absolute Gasteiger partial charge is 0.329 e. The number of methoxy groups -OCH3 is 5. The van der Waals surface area contributed by atoms with Crippen LogP contribution in [0.4, 0.5) is 0 Å². The molecule has 0 bridgehead atoms. The highest BCUT2D eigenvalue weighted by Gasteiger charge is 2.34. The molecule has 12 heteroatoms. The van der Waals surface area contributed by atoms with Crippen LogP contribution in [-0.4, -0.2) is 103 Å². The molecule has 3 aromatic carbocycles. The Morgan fingerprint density at radius 1 is 0.689 bits per heavy atom. The van der Waals surface area contributed by atoms with Gasteiger partial charge in [-0.25, -0.2) is 4.79 Å². The minimum Gasteiger partial charge on any atom is -0.493 e. The van der Waals surface area contributed by atoms with Crippen LogP contribution in [-0.2, 0) is 25.5 Å². The normalized spacial score (nSPS) is 13.7. The average Bonchev–Trinajstić information content (AvgIpc) is 3.26. The number of esters is 1. The maximum absolute atomic E-state index is 14.5. The zero-order valence-electron chi connectivity index (χ0n) is 38.8. The molecule has 0 aliphatic carbocycles. The summed E-state index contributed by atoms with van der Waals surface area (Å²) in [6.07, 6.45) is 5.28. The molecule has 0 radical (unpaired) electrons. The third-order valence-corrected chi connectivity index (χ3v) is 11.5. The van der Waals surface area contributed by atoms with Gasteiger partial charge in [-0.3, -0.25) is 9.59 Å². The molecule has 61 heavy (non-hydrogen) atoms. The fourth-order valence-corrected chi connectivity index (χ4v) is 7.57. The molecular weight excluding hydrogens is 777 g/mol. The standard InChI is InChI=1S/C49H72N2O10/c1-13-15-21-41(51(7)48(53)40(14-2)37-30-45(57-10)47(59-12)46(31-37)58-11)49(54)61-42(24-22-35-23-25-43(55-8)44(28-35)56-9)36-19-16-20-39(29-36)60-32-38(52)27-34(4)33(3)18-17-26-50(5)6/h16,19-20,23,25,28-31,33-34,40-42H,13-15,17-18,21-22,24,26-27,32H2,1-12H3/t33?,34?,40?,41?,42-/m1/s1. The molecule has 3 rings (SSSR count). The van der Waals surface area contributed by atoms with Crippen LogP contribution in [0.3, 0.4) is 0 Å². The van der Waals surface area contributed by atoms with Gasteiger partial charge in [0.2, 0.25) is 11.7 Å². The highest BCUT2D eigenvalue weighted by atomic mass is 16.5. The SMILES string of the molecule is CCCCC(C(=O)O[C@H](CCc1ccc(OC)c(OC)c1)c1cccc(OCC(=O)CC(C)C(C)CCCN(C)C)c1)N(C)C(=O)C(CC)c1cc(OC)c(OC)c(OC)c1. The number of benzene rings is 3. The summed E-state index contributed by atoms with van der Waals surface area (Å²) in [5, 5.41) is 0. The number of carbonyl (C=O) groups excluding carboxylic acids is 3. The number of aryl methyl sites for hydroxylation is 1. The van der Waals surface area contributed by atoms with E-state index < -0.39 is 24.0 Å². The van der Waals surface area contributed by atoms with E-state index in [1.807, 2.05) is 56.3 Å². The Bertz CT molecular complexity index is 1810. The van der Waals surface area contributed by atoms with Crippen molar-refractivity contribution in [3.05, 3.63) is 71.3 Å². The Kier molecular flexibility index (Phi) is 21.2. The number of hydrogen-bond donors (Lipinski definition) is 0. The highest BCUT2D eigenvalue weighted by Crippen LogP contribution is 2.41. The summed E-state index contributed by atoms with van der Waals surface area (Å²) in [5.74, 6) is 2.41. The van der Waals surface area contributed by atoms with Gasteiger partial charge in [0.05, 0.1) is 41.5 Å². The number of likely N-dealkylation sites (N-methyl/N-ethyl adjacent to an activating group) is 1. The second-order valence-electron chi connectivity index (χ2n) is 16.2. The Morgan fingerprint density at radius 3 is 1.95 bits per heavy atom. The molecule has 0 aliphatic heterocycles. The number of carbonyl (C=O) groups is 3. The van der Waals surface area contributed by atoms with Crippen molar-refractivity contribution >= 4 is 17.7 Å². The minimum atomic E-state index is -0.851. The quantitative estimate of drug-likeness (QED) is 0.0651. The number of Topliss-reactive ketones (excluding diaryl/α,β-unsaturated/α-hetero) is 1. The van der Waals surface area contributed by atoms with Gasteiger partial charge in [0.25, 0.3) is 0 Å². The van der Waals surface area contributed by atoms with Gasteiger partial charge in [-0.2, -0.15) is 0 Å². The van der Waals surface area contributed by atoms with Gasteiger partial charge in [0.1, 0.15) is 24.5 Å². The Labute approximate surface area is 365 Å². The molecule has 0 saturated carbocycles. The lowest BCUT2D eigenvalue weighted by Crippen LogP contribution is -2.45. The Morgan fingerprint density at radius 2 is 1.36 bits per heavy atom. The van der Waals surface area contributed by atoms with Crippen LogP contribution >= 0.6 is 0 Å². The fourth-order valence-electron chi connectivity index (χ4n) is 7.57. The molecule has 0 spiro atoms. The van der Waals surface area contributed by atoms with E-state index in [1.54, 1.807) is 33.4 Å². The molecule has 338 valence electrons. The van der Waals surface area contributed by atoms with E-state index in [4.69, 9.17) is 33.2 Å². The van der Waals surface area contributed by atoms with Crippen molar-refractivity contribution in [1.82, 2.24) is 9.80 Å². The predicted octanol–water partition coefficient (Wildman–Crippen LogP) is 9.11. The topological polar surface area (TPSA) is 122 Å². The van der Waals surface area contributed by atoms with E-state index in [0.29, 0.717) is 90.1 Å². The monoisotopic (exact) mass is 849 g/mol. The Balaban J connectivity index is 1.90. The summed E-state index contributed by atoms with van der Waals surface area (Å²) in [5.41, 5.74) is 2.37. The first kappa shape index (κ1) is 50.4. The molecule has 0 fully saturated rings. The van der Waals surface area contributed by atoms with Crippen molar-refractivity contribution in [2.75, 3.05) is 69.8 Å². The zero-order valence-corrected chi connectivity index (χ0v) is 38.8. The van der Waals surface area contributed by atoms with Crippen molar-refractivity contribution in [1.29, 1.82) is 0 Å². The fraction of sp³-hybridized carbons (Fsp3) is 0.571. The third-order valence-electron chi connectivity index (χ3n) is 11.5. The first-order valence-electron chi connectivity index (χ1n) is 21.6. The van der Waals surface area contributed by atoms with Crippen molar-refractivity contribution in [2.45, 2.75) is 104 Å². The lowest BCUT2D eigenvalue weighted by molar-refractivity contribution is -0.160. The summed E-state index contributed by atoms with van der Waals surface area (Å²) in [7, 11) is 13.6. The maximum Gasteiger partial charge on any atom is 0.329 e. The predicted molar refractivity (Wildman–Crippen MR) is 240 cm³/mol. The molecule has 0 saturated heterocycles. The van der Waals surface area contributed by atoms with E-state index in [9.17, 15) is 14.4 Å². The average molecular weight is 849 g/mol. The van der Waals surface area contributed by atoms with Gasteiger partial charge in [0.15, 0.2) is 28.8 Å². The number of ether oxygens (including phenoxy) is 7. The Hall–Kier alpha value is -4.97. The van der Waals surface area contributed by atoms with Crippen molar-refractivity contribution in [2.24, 2.45) is 11.8 Å². The number of ketones is 1. The van der Waals surface area contributed by atoms with Crippen molar-refractivity contribution in [3.8, 4) is 34.5 Å². The zero-order chi connectivity index (χ0) is 45.1. The van der Waals surface area contributed by atoms with Gasteiger partial charge in [0, 0.05) is 13.5 Å². The molecule has 12 nitrogen and oxygen atoms in total. The van der Waals surface area contributed by atoms with Crippen molar-refractivity contribution in [3.63, 3.8) is 0 Å². The second-order valence-corrected chi connectivity index (χ2v) is 16.2.